The van der Waals surface area contributed by atoms with Crippen molar-refractivity contribution in [1.29, 1.82) is 0 Å². The number of esters is 1. The topological polar surface area (TPSA) is 133 Å². The van der Waals surface area contributed by atoms with E-state index in [2.05, 4.69) is 25.5 Å². The van der Waals surface area contributed by atoms with Crippen LogP contribution in [0, 0.1) is 46.3 Å². The summed E-state index contributed by atoms with van der Waals surface area (Å²) in [5.74, 6) is 0.694. The number of hydrogen-bond donors (Lipinski definition) is 4. The predicted octanol–water partition coefficient (Wildman–Crippen LogP) is 2.94. The molecule has 4 rings (SSSR count). The number of carbonyl (C=O) groups excluding carboxylic acids is 1. The third-order valence-corrected chi connectivity index (χ3v) is 11.4. The van der Waals surface area contributed by atoms with Crippen molar-refractivity contribution in [3.05, 3.63) is 0 Å². The highest BCUT2D eigenvalue weighted by atomic mass is 32.2. The van der Waals surface area contributed by atoms with E-state index in [1.165, 1.54) is 7.11 Å². The highest BCUT2D eigenvalue weighted by Gasteiger charge is 2.65. The SMILES string of the molecule is COC(=O)CC[C@@H](C)[C@H]1CC[C@H]2[C@@H]3[C@H](NS(=O)(=O)O)[C@H](O)[C@@H]4C[C@H](O)CC[C@]4(C)[C@H]3CC[C@]12C. The van der Waals surface area contributed by atoms with Crippen LogP contribution >= 0.6 is 0 Å². The molecule has 8 nitrogen and oxygen atoms in total. The van der Waals surface area contributed by atoms with Crippen LogP contribution in [0.3, 0.4) is 0 Å². The summed E-state index contributed by atoms with van der Waals surface area (Å²) in [6.45, 7) is 6.75. The zero-order chi connectivity index (χ0) is 25.1. The molecular weight excluding hydrogens is 458 g/mol. The van der Waals surface area contributed by atoms with E-state index in [1.807, 2.05) is 0 Å². The van der Waals surface area contributed by atoms with Crippen LogP contribution in [-0.2, 0) is 19.8 Å². The van der Waals surface area contributed by atoms with Crippen molar-refractivity contribution in [2.45, 2.75) is 96.8 Å². The van der Waals surface area contributed by atoms with Gasteiger partial charge in [-0.2, -0.15) is 13.1 Å². The Morgan fingerprint density at radius 3 is 2.35 bits per heavy atom. The summed E-state index contributed by atoms with van der Waals surface area (Å²) < 4.78 is 41.0. The van der Waals surface area contributed by atoms with Crippen molar-refractivity contribution < 1.29 is 32.7 Å². The normalized spacial score (nSPS) is 47.3. The van der Waals surface area contributed by atoms with Crippen LogP contribution in [0.15, 0.2) is 0 Å². The summed E-state index contributed by atoms with van der Waals surface area (Å²) in [6, 6.07) is -0.767. The molecule has 0 radical (unpaired) electrons. The van der Waals surface area contributed by atoms with E-state index >= 15 is 0 Å². The minimum atomic E-state index is -4.50. The Labute approximate surface area is 204 Å². The molecule has 0 saturated heterocycles. The lowest BCUT2D eigenvalue weighted by molar-refractivity contribution is -0.184. The smallest absolute Gasteiger partial charge is 0.333 e. The number of methoxy groups -OCH3 is 1. The zero-order valence-corrected chi connectivity index (χ0v) is 21.8. The largest absolute Gasteiger partial charge is 0.469 e. The molecule has 4 saturated carbocycles. The number of hydrogen-bond acceptors (Lipinski definition) is 6. The number of fused-ring (bicyclic) bond motifs is 5. The molecule has 9 heteroatoms. The van der Waals surface area contributed by atoms with E-state index < -0.39 is 28.6 Å². The van der Waals surface area contributed by atoms with Crippen molar-refractivity contribution in [1.82, 2.24) is 4.72 Å². The summed E-state index contributed by atoms with van der Waals surface area (Å²) in [5.41, 5.74) is -0.191. The molecule has 4 aliphatic rings. The van der Waals surface area contributed by atoms with E-state index in [1.54, 1.807) is 0 Å². The molecule has 0 amide bonds. The third-order valence-electron chi connectivity index (χ3n) is 10.8. The number of ether oxygens (including phenoxy) is 1. The molecule has 4 aliphatic carbocycles. The van der Waals surface area contributed by atoms with Crippen LogP contribution in [0.25, 0.3) is 0 Å². The van der Waals surface area contributed by atoms with Crippen molar-refractivity contribution in [3.63, 3.8) is 0 Å². The minimum Gasteiger partial charge on any atom is -0.469 e. The zero-order valence-electron chi connectivity index (χ0n) is 20.9. The maximum atomic E-state index is 12.0. The first-order valence-electron chi connectivity index (χ1n) is 13.0. The number of nitrogens with one attached hydrogen (secondary N) is 1. The molecule has 0 spiro atoms. The quantitative estimate of drug-likeness (QED) is 0.325. The van der Waals surface area contributed by atoms with Gasteiger partial charge in [-0.05, 0) is 97.7 Å². The highest BCUT2D eigenvalue weighted by molar-refractivity contribution is 7.83. The van der Waals surface area contributed by atoms with Crippen LogP contribution in [-0.4, -0.2) is 54.5 Å². The van der Waals surface area contributed by atoms with E-state index in [0.717, 1.165) is 38.5 Å². The maximum Gasteiger partial charge on any atom is 0.333 e. The Morgan fingerprint density at radius 1 is 1.06 bits per heavy atom. The van der Waals surface area contributed by atoms with Gasteiger partial charge in [0, 0.05) is 6.42 Å². The molecule has 0 unspecified atom stereocenters. The van der Waals surface area contributed by atoms with Crippen LogP contribution in [0.2, 0.25) is 0 Å². The van der Waals surface area contributed by atoms with E-state index in [4.69, 9.17) is 4.74 Å². The first kappa shape index (κ1) is 26.3. The van der Waals surface area contributed by atoms with Crippen molar-refractivity contribution in [3.8, 4) is 0 Å². The van der Waals surface area contributed by atoms with Crippen LogP contribution < -0.4 is 4.72 Å². The first-order chi connectivity index (χ1) is 15.8. The maximum absolute atomic E-state index is 12.0. The van der Waals surface area contributed by atoms with E-state index in [-0.39, 0.29) is 40.5 Å². The Bertz CT molecular complexity index is 880. The Kier molecular flexibility index (Phi) is 7.19. The fraction of sp³-hybridized carbons (Fsp3) is 0.960. The van der Waals surface area contributed by atoms with E-state index in [9.17, 15) is 28.0 Å². The monoisotopic (exact) mass is 501 g/mol. The molecule has 4 N–H and O–H groups in total. The summed E-state index contributed by atoms with van der Waals surface area (Å²) in [4.78, 5) is 11.7. The Hall–Kier alpha value is -0.740. The fourth-order valence-corrected chi connectivity index (χ4v) is 9.86. The van der Waals surface area contributed by atoms with Crippen LogP contribution in [0.5, 0.6) is 0 Å². The Balaban J connectivity index is 1.66. The van der Waals surface area contributed by atoms with Crippen molar-refractivity contribution >= 4 is 16.3 Å². The van der Waals surface area contributed by atoms with Gasteiger partial charge in [0.05, 0.1) is 25.4 Å². The molecule has 0 aromatic rings. The lowest BCUT2D eigenvalue weighted by Gasteiger charge is -2.64. The molecule has 0 heterocycles. The average molecular weight is 502 g/mol. The summed E-state index contributed by atoms with van der Waals surface area (Å²) in [5, 5.41) is 21.9. The van der Waals surface area contributed by atoms with Crippen LogP contribution in [0.1, 0.15) is 78.6 Å². The molecule has 0 aliphatic heterocycles. The van der Waals surface area contributed by atoms with Gasteiger partial charge in [-0.3, -0.25) is 9.35 Å². The second kappa shape index (κ2) is 9.29. The molecule has 0 aromatic heterocycles. The van der Waals surface area contributed by atoms with Gasteiger partial charge in [-0.15, -0.1) is 0 Å². The first-order valence-corrected chi connectivity index (χ1v) is 14.4. The molecular formula is C25H43NO7S. The summed E-state index contributed by atoms with van der Waals surface area (Å²) >= 11 is 0. The van der Waals surface area contributed by atoms with Gasteiger partial charge in [0.15, 0.2) is 0 Å². The molecule has 0 bridgehead atoms. The number of aliphatic hydroxyl groups excluding tert-OH is 2. The number of carbonyl (C=O) groups is 1. The molecule has 4 fully saturated rings. The fourth-order valence-electron chi connectivity index (χ4n) is 9.22. The minimum absolute atomic E-state index is 0.0209. The summed E-state index contributed by atoms with van der Waals surface area (Å²) in [6.07, 6.45) is 5.63. The highest BCUT2D eigenvalue weighted by Crippen LogP contribution is 2.68. The van der Waals surface area contributed by atoms with Crippen molar-refractivity contribution in [2.24, 2.45) is 46.3 Å². The van der Waals surface area contributed by atoms with Gasteiger partial charge in [-0.25, -0.2) is 0 Å². The Morgan fingerprint density at radius 2 is 1.71 bits per heavy atom. The third kappa shape index (κ3) is 4.44. The molecule has 196 valence electrons. The van der Waals surface area contributed by atoms with Crippen molar-refractivity contribution in [2.75, 3.05) is 7.11 Å². The van der Waals surface area contributed by atoms with Gasteiger partial charge in [0.2, 0.25) is 0 Å². The lowest BCUT2D eigenvalue weighted by Crippen LogP contribution is -2.68. The van der Waals surface area contributed by atoms with Gasteiger partial charge in [0.1, 0.15) is 0 Å². The summed E-state index contributed by atoms with van der Waals surface area (Å²) in [7, 11) is -3.09. The van der Waals surface area contributed by atoms with Gasteiger partial charge in [-0.1, -0.05) is 20.8 Å². The lowest BCUT2D eigenvalue weighted by atomic mass is 9.42. The van der Waals surface area contributed by atoms with Crippen LogP contribution in [0.4, 0.5) is 0 Å². The van der Waals surface area contributed by atoms with Gasteiger partial charge >= 0.3 is 16.3 Å². The average Bonchev–Trinajstić information content (AvgIpc) is 3.12. The second-order valence-electron chi connectivity index (χ2n) is 12.3. The molecule has 11 atom stereocenters. The molecule has 0 aromatic carbocycles. The van der Waals surface area contributed by atoms with Gasteiger partial charge < -0.3 is 14.9 Å². The second-order valence-corrected chi connectivity index (χ2v) is 13.4. The number of aliphatic hydroxyl groups is 2. The van der Waals surface area contributed by atoms with Gasteiger partial charge in [0.25, 0.3) is 0 Å². The number of rotatable bonds is 6. The molecule has 34 heavy (non-hydrogen) atoms. The standard InChI is InChI=1S/C25H43NO7S/c1-14(5-8-20(28)33-4)16-6-7-17-21-18(10-12-24(16,17)2)25(3)11-9-15(27)13-19(25)23(29)22(21)26-34(30,31)32/h14-19,21-23,26-27,29H,5-13H2,1-4H3,(H,30,31,32)/t14-,15-,16-,17+,18+,19+,21+,22+,23-,24-,25-/m1/s1. The van der Waals surface area contributed by atoms with E-state index in [0.29, 0.717) is 31.1 Å². The predicted molar refractivity (Wildman–Crippen MR) is 127 cm³/mol.